The lowest BCUT2D eigenvalue weighted by Gasteiger charge is -2.15. The van der Waals surface area contributed by atoms with Crippen molar-refractivity contribution in [3.63, 3.8) is 0 Å². The van der Waals surface area contributed by atoms with Crippen LogP contribution in [-0.4, -0.2) is 18.9 Å². The van der Waals surface area contributed by atoms with Gasteiger partial charge in [-0.05, 0) is 40.7 Å². The fraction of sp³-hybridized carbons (Fsp3) is 0.364. The molecule has 4 nitrogen and oxygen atoms in total. The molecule has 1 N–H and O–H groups in total. The molecule has 0 aliphatic heterocycles. The molecule has 0 unspecified atom stereocenters. The monoisotopic (exact) mass is 353 g/mol. The Balaban J connectivity index is 2.20. The van der Waals surface area contributed by atoms with Crippen molar-refractivity contribution in [3.05, 3.63) is 70.3 Å². The minimum Gasteiger partial charge on any atom is -0.457 e. The third kappa shape index (κ3) is 4.51. The number of hydrogen-bond acceptors (Lipinski definition) is 3. The lowest BCUT2D eigenvalue weighted by Crippen LogP contribution is -2.20. The van der Waals surface area contributed by atoms with Gasteiger partial charge in [-0.2, -0.15) is 0 Å². The van der Waals surface area contributed by atoms with Gasteiger partial charge in [0, 0.05) is 12.6 Å². The van der Waals surface area contributed by atoms with Crippen molar-refractivity contribution in [2.75, 3.05) is 7.05 Å². The number of carbonyl (C=O) groups excluding carboxylic acids is 2. The van der Waals surface area contributed by atoms with E-state index in [1.165, 1.54) is 0 Å². The van der Waals surface area contributed by atoms with Gasteiger partial charge in [0.25, 0.3) is 5.91 Å². The Kier molecular flexibility index (Phi) is 6.56. The van der Waals surface area contributed by atoms with Crippen LogP contribution in [-0.2, 0) is 11.3 Å². The molecule has 0 spiro atoms. The Morgan fingerprint density at radius 1 is 0.923 bits per heavy atom. The molecule has 0 saturated carbocycles. The van der Waals surface area contributed by atoms with E-state index in [9.17, 15) is 9.59 Å². The van der Waals surface area contributed by atoms with Crippen LogP contribution >= 0.6 is 0 Å². The summed E-state index contributed by atoms with van der Waals surface area (Å²) in [4.78, 5) is 24.6. The fourth-order valence-corrected chi connectivity index (χ4v) is 2.94. The van der Waals surface area contributed by atoms with E-state index in [2.05, 4.69) is 5.32 Å². The van der Waals surface area contributed by atoms with Gasteiger partial charge in [0.05, 0.1) is 5.56 Å². The molecule has 0 aliphatic rings. The maximum absolute atomic E-state index is 12.5. The molecule has 138 valence electrons. The first kappa shape index (κ1) is 19.7. The summed E-state index contributed by atoms with van der Waals surface area (Å²) in [5, 5.41) is 2.67. The van der Waals surface area contributed by atoms with Gasteiger partial charge in [-0.1, -0.05) is 58.0 Å². The van der Waals surface area contributed by atoms with Crippen LogP contribution < -0.4 is 5.32 Å². The average Bonchev–Trinajstić information content (AvgIpc) is 2.64. The summed E-state index contributed by atoms with van der Waals surface area (Å²) >= 11 is 0. The van der Waals surface area contributed by atoms with Crippen molar-refractivity contribution < 1.29 is 14.3 Å². The summed E-state index contributed by atoms with van der Waals surface area (Å²) in [7, 11) is 1.61. The van der Waals surface area contributed by atoms with Crippen molar-refractivity contribution in [1.82, 2.24) is 5.32 Å². The Hall–Kier alpha value is -2.62. The van der Waals surface area contributed by atoms with Gasteiger partial charge in [-0.3, -0.25) is 4.79 Å². The fourth-order valence-electron chi connectivity index (χ4n) is 2.94. The van der Waals surface area contributed by atoms with Crippen LogP contribution in [0.1, 0.15) is 76.9 Å². The van der Waals surface area contributed by atoms with Gasteiger partial charge in [-0.15, -0.1) is 0 Å². The van der Waals surface area contributed by atoms with Gasteiger partial charge in [-0.25, -0.2) is 4.79 Å². The summed E-state index contributed by atoms with van der Waals surface area (Å²) in [6.45, 7) is 8.32. The molecule has 0 radical (unpaired) electrons. The van der Waals surface area contributed by atoms with E-state index in [4.69, 9.17) is 4.74 Å². The van der Waals surface area contributed by atoms with Gasteiger partial charge in [0.2, 0.25) is 0 Å². The molecule has 0 bridgehead atoms. The quantitative estimate of drug-likeness (QED) is 0.769. The minimum atomic E-state index is -0.344. The summed E-state index contributed by atoms with van der Waals surface area (Å²) in [5.74, 6) is -0.00324. The van der Waals surface area contributed by atoms with Gasteiger partial charge < -0.3 is 10.1 Å². The maximum atomic E-state index is 12.5. The highest BCUT2D eigenvalue weighted by molar-refractivity contribution is 5.96. The van der Waals surface area contributed by atoms with E-state index in [0.717, 1.165) is 16.7 Å². The lowest BCUT2D eigenvalue weighted by atomic mass is 9.95. The molecular formula is C22H27NO3. The first-order valence-corrected chi connectivity index (χ1v) is 8.96. The second-order valence-corrected chi connectivity index (χ2v) is 6.97. The first-order chi connectivity index (χ1) is 12.3. The van der Waals surface area contributed by atoms with Crippen molar-refractivity contribution >= 4 is 11.9 Å². The molecule has 26 heavy (non-hydrogen) atoms. The summed E-state index contributed by atoms with van der Waals surface area (Å²) < 4.78 is 5.50. The summed E-state index contributed by atoms with van der Waals surface area (Å²) in [5.41, 5.74) is 3.96. The molecule has 1 amide bonds. The SMILES string of the molecule is CNC(=O)c1cc(COC(=O)c2ccccc2C(C)C)ccc1C(C)C. The zero-order valence-corrected chi connectivity index (χ0v) is 16.1. The summed E-state index contributed by atoms with van der Waals surface area (Å²) in [6.07, 6.45) is 0. The molecule has 0 aliphatic carbocycles. The van der Waals surface area contributed by atoms with Crippen molar-refractivity contribution in [2.45, 2.75) is 46.1 Å². The average molecular weight is 353 g/mol. The van der Waals surface area contributed by atoms with Crippen LogP contribution in [0.5, 0.6) is 0 Å². The largest absolute Gasteiger partial charge is 0.457 e. The molecule has 4 heteroatoms. The molecule has 0 fully saturated rings. The van der Waals surface area contributed by atoms with Crippen molar-refractivity contribution in [2.24, 2.45) is 0 Å². The van der Waals surface area contributed by atoms with E-state index in [0.29, 0.717) is 11.1 Å². The third-order valence-electron chi connectivity index (χ3n) is 4.38. The minimum absolute atomic E-state index is 0.132. The number of hydrogen-bond donors (Lipinski definition) is 1. The van der Waals surface area contributed by atoms with Crippen LogP contribution in [0.2, 0.25) is 0 Å². The Morgan fingerprint density at radius 2 is 1.54 bits per heavy atom. The second kappa shape index (κ2) is 8.65. The number of amides is 1. The van der Waals surface area contributed by atoms with E-state index < -0.39 is 0 Å². The van der Waals surface area contributed by atoms with Crippen LogP contribution in [0.4, 0.5) is 0 Å². The van der Waals surface area contributed by atoms with E-state index in [-0.39, 0.29) is 30.3 Å². The first-order valence-electron chi connectivity index (χ1n) is 8.96. The predicted octanol–water partition coefficient (Wildman–Crippen LogP) is 4.65. The zero-order chi connectivity index (χ0) is 19.3. The van der Waals surface area contributed by atoms with Crippen LogP contribution in [0.25, 0.3) is 0 Å². The molecular weight excluding hydrogens is 326 g/mol. The molecule has 0 saturated heterocycles. The van der Waals surface area contributed by atoms with E-state index >= 15 is 0 Å². The number of nitrogens with one attached hydrogen (secondary N) is 1. The van der Waals surface area contributed by atoms with Gasteiger partial charge in [0.1, 0.15) is 6.61 Å². The Bertz CT molecular complexity index is 794. The van der Waals surface area contributed by atoms with Crippen LogP contribution in [0.3, 0.4) is 0 Å². The standard InChI is InChI=1S/C22H27NO3/c1-14(2)17-8-6-7-9-19(17)22(25)26-13-16-10-11-18(15(3)4)20(12-16)21(24)23-5/h6-12,14-15H,13H2,1-5H3,(H,23,24). The Morgan fingerprint density at radius 3 is 2.15 bits per heavy atom. The highest BCUT2D eigenvalue weighted by Crippen LogP contribution is 2.23. The molecule has 2 aromatic carbocycles. The molecule has 2 rings (SSSR count). The third-order valence-corrected chi connectivity index (χ3v) is 4.38. The topological polar surface area (TPSA) is 55.4 Å². The molecule has 0 heterocycles. The van der Waals surface area contributed by atoms with Crippen LogP contribution in [0.15, 0.2) is 42.5 Å². The van der Waals surface area contributed by atoms with Gasteiger partial charge >= 0.3 is 5.97 Å². The highest BCUT2D eigenvalue weighted by atomic mass is 16.5. The number of esters is 1. The number of ether oxygens (including phenoxy) is 1. The smallest absolute Gasteiger partial charge is 0.338 e. The van der Waals surface area contributed by atoms with Gasteiger partial charge in [0.15, 0.2) is 0 Å². The Labute approximate surface area is 155 Å². The lowest BCUT2D eigenvalue weighted by molar-refractivity contribution is 0.0471. The summed E-state index contributed by atoms with van der Waals surface area (Å²) in [6, 6.07) is 13.1. The van der Waals surface area contributed by atoms with Crippen LogP contribution in [0, 0.1) is 0 Å². The number of benzene rings is 2. The molecule has 0 atom stereocenters. The molecule has 0 aromatic heterocycles. The number of rotatable bonds is 6. The molecule has 2 aromatic rings. The van der Waals surface area contributed by atoms with Crippen molar-refractivity contribution in [3.8, 4) is 0 Å². The van der Waals surface area contributed by atoms with E-state index in [1.807, 2.05) is 58.0 Å². The zero-order valence-electron chi connectivity index (χ0n) is 16.1. The van der Waals surface area contributed by atoms with Crippen molar-refractivity contribution in [1.29, 1.82) is 0 Å². The normalized spacial score (nSPS) is 10.9. The second-order valence-electron chi connectivity index (χ2n) is 6.97. The highest BCUT2D eigenvalue weighted by Gasteiger charge is 2.16. The number of carbonyl (C=O) groups is 2. The van der Waals surface area contributed by atoms with E-state index in [1.54, 1.807) is 19.2 Å². The maximum Gasteiger partial charge on any atom is 0.338 e. The predicted molar refractivity (Wildman–Crippen MR) is 104 cm³/mol.